The summed E-state index contributed by atoms with van der Waals surface area (Å²) in [5, 5.41) is 1.57. The molecule has 1 aliphatic rings. The molecule has 0 bridgehead atoms. The van der Waals surface area contributed by atoms with E-state index in [1.165, 1.54) is 17.5 Å². The van der Waals surface area contributed by atoms with Gasteiger partial charge in [0.1, 0.15) is 9.77 Å². The Hall–Kier alpha value is -1.77. The smallest absolute Gasteiger partial charge is 0.349 e. The van der Waals surface area contributed by atoms with Gasteiger partial charge in [-0.05, 0) is 23.1 Å². The highest BCUT2D eigenvalue weighted by Crippen LogP contribution is 2.31. The van der Waals surface area contributed by atoms with Gasteiger partial charge in [0.25, 0.3) is 0 Å². The van der Waals surface area contributed by atoms with Gasteiger partial charge in [-0.3, -0.25) is 4.98 Å². The molecule has 0 N–H and O–H groups in total. The number of thiophene rings is 1. The van der Waals surface area contributed by atoms with Gasteiger partial charge in [0.2, 0.25) is 10.0 Å². The molecule has 110 valence electrons. The number of hydrogen-bond acceptors (Lipinski definition) is 6. The van der Waals surface area contributed by atoms with Gasteiger partial charge in [-0.1, -0.05) is 6.07 Å². The highest BCUT2D eigenvalue weighted by molar-refractivity contribution is 7.89. The minimum Gasteiger partial charge on any atom is -0.465 e. The summed E-state index contributed by atoms with van der Waals surface area (Å²) < 4.78 is 31.4. The molecule has 2 aromatic heterocycles. The monoisotopic (exact) mass is 324 g/mol. The third-order valence-electron chi connectivity index (χ3n) is 3.28. The van der Waals surface area contributed by atoms with Crippen LogP contribution in [0.15, 0.2) is 34.7 Å². The number of esters is 1. The van der Waals surface area contributed by atoms with Crippen LogP contribution in [0.5, 0.6) is 0 Å². The number of aromatic nitrogens is 1. The van der Waals surface area contributed by atoms with Crippen LogP contribution in [0.4, 0.5) is 0 Å². The average molecular weight is 324 g/mol. The molecular formula is C13H12N2O4S2. The van der Waals surface area contributed by atoms with Crippen LogP contribution in [0.1, 0.15) is 20.9 Å². The van der Waals surface area contributed by atoms with Crippen molar-refractivity contribution in [3.05, 3.63) is 45.9 Å². The van der Waals surface area contributed by atoms with Crippen LogP contribution in [-0.2, 0) is 27.8 Å². The second-order valence-electron chi connectivity index (χ2n) is 4.49. The Bertz CT molecular complexity index is 773. The summed E-state index contributed by atoms with van der Waals surface area (Å²) in [5.41, 5.74) is 1.63. The molecular weight excluding hydrogens is 312 g/mol. The van der Waals surface area contributed by atoms with E-state index in [0.717, 1.165) is 22.6 Å². The van der Waals surface area contributed by atoms with Crippen molar-refractivity contribution in [2.24, 2.45) is 0 Å². The van der Waals surface area contributed by atoms with Crippen molar-refractivity contribution in [3.8, 4) is 0 Å². The molecule has 6 nitrogen and oxygen atoms in total. The Morgan fingerprint density at radius 2 is 2.19 bits per heavy atom. The first kappa shape index (κ1) is 14.2. The molecule has 3 rings (SSSR count). The fourth-order valence-corrected chi connectivity index (χ4v) is 4.91. The fraction of sp³-hybridized carbons (Fsp3) is 0.231. The van der Waals surface area contributed by atoms with E-state index in [1.807, 2.05) is 6.07 Å². The lowest BCUT2D eigenvalue weighted by Crippen LogP contribution is -2.26. The Morgan fingerprint density at radius 1 is 1.38 bits per heavy atom. The van der Waals surface area contributed by atoms with E-state index in [-0.39, 0.29) is 22.9 Å². The second kappa shape index (κ2) is 5.21. The summed E-state index contributed by atoms with van der Waals surface area (Å²) in [7, 11) is -2.52. The largest absolute Gasteiger partial charge is 0.465 e. The Labute approximate surface area is 126 Å². The van der Waals surface area contributed by atoms with Crippen LogP contribution in [0.2, 0.25) is 0 Å². The summed E-state index contributed by atoms with van der Waals surface area (Å²) >= 11 is 1.06. The second-order valence-corrected chi connectivity index (χ2v) is 7.31. The lowest BCUT2D eigenvalue weighted by Gasteiger charge is -2.15. The molecule has 0 amide bonds. The number of methoxy groups -OCH3 is 1. The van der Waals surface area contributed by atoms with Crippen molar-refractivity contribution >= 4 is 27.3 Å². The van der Waals surface area contributed by atoms with E-state index in [2.05, 4.69) is 9.72 Å². The van der Waals surface area contributed by atoms with Crippen LogP contribution in [0, 0.1) is 0 Å². The minimum atomic E-state index is -3.75. The predicted molar refractivity (Wildman–Crippen MR) is 76.3 cm³/mol. The maximum Gasteiger partial charge on any atom is 0.349 e. The van der Waals surface area contributed by atoms with Gasteiger partial charge in [-0.2, -0.15) is 4.31 Å². The summed E-state index contributed by atoms with van der Waals surface area (Å²) in [6.45, 7) is 0.483. The zero-order valence-electron chi connectivity index (χ0n) is 11.1. The summed E-state index contributed by atoms with van der Waals surface area (Å²) in [6, 6.07) is 5.06. The van der Waals surface area contributed by atoms with Crippen molar-refractivity contribution in [1.29, 1.82) is 0 Å². The molecule has 0 radical (unpaired) electrons. The SMILES string of the molecule is COC(=O)c1sccc1S(=O)(=O)N1Cc2cccnc2C1. The van der Waals surface area contributed by atoms with Gasteiger partial charge < -0.3 is 4.74 Å². The first-order chi connectivity index (χ1) is 10.0. The number of sulfonamides is 1. The molecule has 0 unspecified atom stereocenters. The molecule has 3 heterocycles. The van der Waals surface area contributed by atoms with Crippen molar-refractivity contribution in [1.82, 2.24) is 9.29 Å². The van der Waals surface area contributed by atoms with Gasteiger partial charge in [0.15, 0.2) is 0 Å². The zero-order valence-corrected chi connectivity index (χ0v) is 12.8. The number of fused-ring (bicyclic) bond motifs is 1. The van der Waals surface area contributed by atoms with Crippen LogP contribution in [-0.4, -0.2) is 30.8 Å². The van der Waals surface area contributed by atoms with E-state index < -0.39 is 16.0 Å². The topological polar surface area (TPSA) is 76.6 Å². The first-order valence-electron chi connectivity index (χ1n) is 6.13. The predicted octanol–water partition coefficient (Wildman–Crippen LogP) is 1.63. The molecule has 0 atom stereocenters. The van der Waals surface area contributed by atoms with Gasteiger partial charge >= 0.3 is 5.97 Å². The van der Waals surface area contributed by atoms with Gasteiger partial charge in [-0.25, -0.2) is 13.2 Å². The highest BCUT2D eigenvalue weighted by Gasteiger charge is 2.34. The van der Waals surface area contributed by atoms with Crippen molar-refractivity contribution in [2.75, 3.05) is 7.11 Å². The number of nitrogens with zero attached hydrogens (tertiary/aromatic N) is 2. The maximum atomic E-state index is 12.7. The van der Waals surface area contributed by atoms with E-state index in [1.54, 1.807) is 17.6 Å². The zero-order chi connectivity index (χ0) is 15.0. The standard InChI is InChI=1S/C13H12N2O4S2/c1-19-13(16)12-11(4-6-20-12)21(17,18)15-7-9-3-2-5-14-10(9)8-15/h2-6H,7-8H2,1H3. The van der Waals surface area contributed by atoms with Crippen LogP contribution in [0.25, 0.3) is 0 Å². The lowest BCUT2D eigenvalue weighted by molar-refractivity contribution is 0.0602. The number of pyridine rings is 1. The fourth-order valence-electron chi connectivity index (χ4n) is 2.22. The van der Waals surface area contributed by atoms with Crippen molar-refractivity contribution < 1.29 is 17.9 Å². The van der Waals surface area contributed by atoms with Crippen LogP contribution in [0.3, 0.4) is 0 Å². The minimum absolute atomic E-state index is 0.00726. The summed E-state index contributed by atoms with van der Waals surface area (Å²) in [6.07, 6.45) is 1.64. The molecule has 0 spiro atoms. The van der Waals surface area contributed by atoms with Crippen LogP contribution >= 0.6 is 11.3 Å². The molecule has 21 heavy (non-hydrogen) atoms. The number of rotatable bonds is 3. The highest BCUT2D eigenvalue weighted by atomic mass is 32.2. The molecule has 1 aliphatic heterocycles. The molecule has 8 heteroatoms. The summed E-state index contributed by atoms with van der Waals surface area (Å²) in [5.74, 6) is -0.640. The van der Waals surface area contributed by atoms with E-state index >= 15 is 0 Å². The quantitative estimate of drug-likeness (QED) is 0.802. The molecule has 0 saturated carbocycles. The van der Waals surface area contributed by atoms with E-state index in [0.29, 0.717) is 0 Å². The first-order valence-corrected chi connectivity index (χ1v) is 8.44. The molecule has 2 aromatic rings. The number of hydrogen-bond donors (Lipinski definition) is 0. The third kappa shape index (κ3) is 2.35. The number of carbonyl (C=O) groups excluding carboxylic acids is 1. The Kier molecular flexibility index (Phi) is 3.52. The number of carbonyl (C=O) groups is 1. The average Bonchev–Trinajstić information content (AvgIpc) is 3.13. The van der Waals surface area contributed by atoms with Crippen molar-refractivity contribution in [3.63, 3.8) is 0 Å². The molecule has 0 aliphatic carbocycles. The van der Waals surface area contributed by atoms with Gasteiger partial charge in [-0.15, -0.1) is 11.3 Å². The van der Waals surface area contributed by atoms with Gasteiger partial charge in [0.05, 0.1) is 19.3 Å². The van der Waals surface area contributed by atoms with Gasteiger partial charge in [0, 0.05) is 12.7 Å². The maximum absolute atomic E-state index is 12.7. The van der Waals surface area contributed by atoms with Crippen LogP contribution < -0.4 is 0 Å². The van der Waals surface area contributed by atoms with E-state index in [4.69, 9.17) is 0 Å². The van der Waals surface area contributed by atoms with E-state index in [9.17, 15) is 13.2 Å². The normalized spacial score (nSPS) is 14.9. The lowest BCUT2D eigenvalue weighted by atomic mass is 10.2. The number of ether oxygens (including phenoxy) is 1. The molecule has 0 aromatic carbocycles. The molecule has 0 saturated heterocycles. The summed E-state index contributed by atoms with van der Waals surface area (Å²) in [4.78, 5) is 15.9. The van der Waals surface area contributed by atoms with Crippen molar-refractivity contribution in [2.45, 2.75) is 18.0 Å². The Morgan fingerprint density at radius 3 is 2.90 bits per heavy atom. The molecule has 0 fully saturated rings. The third-order valence-corrected chi connectivity index (χ3v) is 6.13. The Balaban J connectivity index is 1.97.